The topological polar surface area (TPSA) is 101 Å². The number of nitrogens with one attached hydrogen (secondary N) is 1. The molecule has 0 atom stereocenters. The van der Waals surface area contributed by atoms with Gasteiger partial charge in [-0.1, -0.05) is 11.6 Å². The van der Waals surface area contributed by atoms with Gasteiger partial charge < -0.3 is 20.6 Å². The fourth-order valence-electron chi connectivity index (χ4n) is 1.55. The number of nitrogens with zero attached hydrogens (tertiary/aromatic N) is 1. The molecule has 2 aromatic rings. The SMILES string of the molecule is COc1cc(Nc2ncccc2C(=O)O)ccc1Cl.[Li+].[OH-]. The number of halogens is 1. The Morgan fingerprint density at radius 1 is 1.38 bits per heavy atom. The Balaban J connectivity index is 0.00000200. The predicted octanol–water partition coefficient (Wildman–Crippen LogP) is 0.0126. The quantitative estimate of drug-likeness (QED) is 0.772. The Kier molecular flexibility index (Phi) is 7.85. The number of carboxylic acids is 1. The third-order valence-corrected chi connectivity index (χ3v) is 2.76. The van der Waals surface area contributed by atoms with E-state index in [-0.39, 0.29) is 35.7 Å². The van der Waals surface area contributed by atoms with Crippen LogP contribution in [0.4, 0.5) is 11.5 Å². The zero-order chi connectivity index (χ0) is 13.8. The van der Waals surface area contributed by atoms with Gasteiger partial charge in [0.05, 0.1) is 12.1 Å². The molecular weight excluding hydrogens is 291 g/mol. The van der Waals surface area contributed by atoms with E-state index in [1.165, 1.54) is 19.4 Å². The molecule has 0 aliphatic rings. The van der Waals surface area contributed by atoms with Crippen LogP contribution in [0.1, 0.15) is 10.4 Å². The van der Waals surface area contributed by atoms with Crippen LogP contribution in [-0.2, 0) is 0 Å². The van der Waals surface area contributed by atoms with Crippen molar-refractivity contribution in [2.24, 2.45) is 0 Å². The van der Waals surface area contributed by atoms with Gasteiger partial charge in [0.2, 0.25) is 0 Å². The van der Waals surface area contributed by atoms with Crippen molar-refractivity contribution in [2.75, 3.05) is 12.4 Å². The molecule has 0 amide bonds. The van der Waals surface area contributed by atoms with Crippen molar-refractivity contribution in [3.05, 3.63) is 47.1 Å². The second kappa shape index (κ2) is 8.55. The molecule has 0 aliphatic carbocycles. The Labute approximate surface area is 138 Å². The number of methoxy groups -OCH3 is 1. The number of pyridine rings is 1. The molecule has 0 fully saturated rings. The van der Waals surface area contributed by atoms with Crippen molar-refractivity contribution in [2.45, 2.75) is 0 Å². The Bertz CT molecular complexity index is 625. The maximum absolute atomic E-state index is 11.1. The van der Waals surface area contributed by atoms with Gasteiger partial charge in [-0.2, -0.15) is 0 Å². The molecule has 0 bridgehead atoms. The van der Waals surface area contributed by atoms with E-state index in [9.17, 15) is 4.79 Å². The van der Waals surface area contributed by atoms with Crippen LogP contribution in [-0.4, -0.2) is 28.6 Å². The minimum Gasteiger partial charge on any atom is -0.870 e. The number of rotatable bonds is 4. The average molecular weight is 303 g/mol. The summed E-state index contributed by atoms with van der Waals surface area (Å²) in [6.45, 7) is 0. The first kappa shape index (κ1) is 19.3. The number of hydrogen-bond donors (Lipinski definition) is 2. The van der Waals surface area contributed by atoms with E-state index in [4.69, 9.17) is 21.4 Å². The van der Waals surface area contributed by atoms with Crippen LogP contribution in [0.25, 0.3) is 0 Å². The predicted molar refractivity (Wildman–Crippen MR) is 74.4 cm³/mol. The molecule has 8 heteroatoms. The van der Waals surface area contributed by atoms with Gasteiger partial charge in [0.1, 0.15) is 17.1 Å². The fourth-order valence-corrected chi connectivity index (χ4v) is 1.75. The number of hydrogen-bond acceptors (Lipinski definition) is 5. The van der Waals surface area contributed by atoms with E-state index in [0.29, 0.717) is 16.5 Å². The smallest absolute Gasteiger partial charge is 0.870 e. The largest absolute Gasteiger partial charge is 1.00 e. The summed E-state index contributed by atoms with van der Waals surface area (Å²) >= 11 is 5.92. The molecule has 21 heavy (non-hydrogen) atoms. The molecule has 106 valence electrons. The molecule has 0 radical (unpaired) electrons. The van der Waals surface area contributed by atoms with Gasteiger partial charge in [-0.3, -0.25) is 0 Å². The van der Waals surface area contributed by atoms with Crippen molar-refractivity contribution >= 4 is 29.1 Å². The van der Waals surface area contributed by atoms with Gasteiger partial charge in [-0.05, 0) is 24.3 Å². The van der Waals surface area contributed by atoms with Crippen LogP contribution in [0.3, 0.4) is 0 Å². The zero-order valence-corrected chi connectivity index (χ0v) is 12.3. The van der Waals surface area contributed by atoms with E-state index < -0.39 is 5.97 Å². The molecule has 6 nitrogen and oxygen atoms in total. The molecule has 2 rings (SSSR count). The van der Waals surface area contributed by atoms with Gasteiger partial charge in [0.15, 0.2) is 0 Å². The average Bonchev–Trinajstić information content (AvgIpc) is 2.41. The van der Waals surface area contributed by atoms with Gasteiger partial charge in [-0.25, -0.2) is 9.78 Å². The number of ether oxygens (including phenoxy) is 1. The third-order valence-electron chi connectivity index (χ3n) is 2.45. The summed E-state index contributed by atoms with van der Waals surface area (Å²) in [4.78, 5) is 15.1. The van der Waals surface area contributed by atoms with Crippen molar-refractivity contribution in [1.82, 2.24) is 4.98 Å². The molecule has 1 aromatic carbocycles. The molecular formula is C13H12ClLiN2O4. The minimum absolute atomic E-state index is 0. The maximum atomic E-state index is 11.1. The summed E-state index contributed by atoms with van der Waals surface area (Å²) in [5.74, 6) is -0.282. The summed E-state index contributed by atoms with van der Waals surface area (Å²) in [5.41, 5.74) is 0.735. The van der Waals surface area contributed by atoms with Crippen LogP contribution < -0.4 is 28.9 Å². The first-order chi connectivity index (χ1) is 9.11. The first-order valence-electron chi connectivity index (χ1n) is 5.40. The van der Waals surface area contributed by atoms with E-state index in [1.54, 1.807) is 24.3 Å². The molecule has 1 heterocycles. The van der Waals surface area contributed by atoms with E-state index in [2.05, 4.69) is 10.3 Å². The minimum atomic E-state index is -1.04. The molecule has 1 aromatic heterocycles. The second-order valence-electron chi connectivity index (χ2n) is 3.68. The number of aromatic nitrogens is 1. The van der Waals surface area contributed by atoms with Crippen molar-refractivity contribution in [1.29, 1.82) is 0 Å². The first-order valence-corrected chi connectivity index (χ1v) is 5.78. The third kappa shape index (κ3) is 4.65. The molecule has 0 saturated carbocycles. The van der Waals surface area contributed by atoms with E-state index in [1.807, 2.05) is 0 Å². The summed E-state index contributed by atoms with van der Waals surface area (Å²) in [7, 11) is 1.51. The number of aromatic carboxylic acids is 1. The Hall–Kier alpha value is -1.71. The maximum Gasteiger partial charge on any atom is 1.00 e. The van der Waals surface area contributed by atoms with Gasteiger partial charge in [-0.15, -0.1) is 0 Å². The van der Waals surface area contributed by atoms with Crippen LogP contribution in [0, 0.1) is 0 Å². The Morgan fingerprint density at radius 2 is 2.10 bits per heavy atom. The van der Waals surface area contributed by atoms with E-state index in [0.717, 1.165) is 0 Å². The Morgan fingerprint density at radius 3 is 2.71 bits per heavy atom. The molecule has 0 aliphatic heterocycles. The normalized spacial score (nSPS) is 9.05. The van der Waals surface area contributed by atoms with Gasteiger partial charge >= 0.3 is 24.8 Å². The summed E-state index contributed by atoms with van der Waals surface area (Å²) in [5, 5.41) is 12.5. The fraction of sp³-hybridized carbons (Fsp3) is 0.0769. The van der Waals surface area contributed by atoms with Gasteiger partial charge in [0, 0.05) is 18.0 Å². The van der Waals surface area contributed by atoms with Crippen LogP contribution in [0.2, 0.25) is 5.02 Å². The second-order valence-corrected chi connectivity index (χ2v) is 4.09. The van der Waals surface area contributed by atoms with Crippen LogP contribution in [0.15, 0.2) is 36.5 Å². The molecule has 0 unspecified atom stereocenters. The van der Waals surface area contributed by atoms with Crippen LogP contribution in [0.5, 0.6) is 5.75 Å². The number of carbonyl (C=O) groups is 1. The van der Waals surface area contributed by atoms with Crippen molar-refractivity contribution < 1.29 is 39.0 Å². The molecule has 0 spiro atoms. The summed E-state index contributed by atoms with van der Waals surface area (Å²) in [6, 6.07) is 8.09. The van der Waals surface area contributed by atoms with Crippen LogP contribution >= 0.6 is 11.6 Å². The summed E-state index contributed by atoms with van der Waals surface area (Å²) in [6.07, 6.45) is 1.52. The number of benzene rings is 1. The number of anilines is 2. The molecule has 0 saturated heterocycles. The van der Waals surface area contributed by atoms with E-state index >= 15 is 0 Å². The zero-order valence-electron chi connectivity index (χ0n) is 11.5. The number of carboxylic acid groups (broad SMARTS) is 1. The summed E-state index contributed by atoms with van der Waals surface area (Å²) < 4.78 is 5.09. The van der Waals surface area contributed by atoms with Crippen molar-refractivity contribution in [3.8, 4) is 5.75 Å². The van der Waals surface area contributed by atoms with Crippen molar-refractivity contribution in [3.63, 3.8) is 0 Å². The molecule has 3 N–H and O–H groups in total. The standard InChI is InChI=1S/C13H11ClN2O3.Li.H2O/c1-19-11-7-8(4-5-10(11)14)16-12-9(13(17)18)3-2-6-15-12;;/h2-7H,1H3,(H,15,16)(H,17,18);;1H2/q;+1;/p-1. The monoisotopic (exact) mass is 302 g/mol. The van der Waals surface area contributed by atoms with Gasteiger partial charge in [0.25, 0.3) is 0 Å².